The van der Waals surface area contributed by atoms with E-state index in [1.165, 1.54) is 0 Å². The third-order valence-electron chi connectivity index (χ3n) is 2.88. The Morgan fingerprint density at radius 3 is 2.37 bits per heavy atom. The molecule has 3 N–H and O–H groups in total. The minimum Gasteiger partial charge on any atom is -0.396 e. The van der Waals surface area contributed by atoms with Gasteiger partial charge >= 0.3 is 0 Å². The zero-order chi connectivity index (χ0) is 13.5. The van der Waals surface area contributed by atoms with Gasteiger partial charge in [-0.2, -0.15) is 0 Å². The van der Waals surface area contributed by atoms with Crippen molar-refractivity contribution in [3.63, 3.8) is 0 Å². The molecule has 2 heteroatoms. The summed E-state index contributed by atoms with van der Waals surface area (Å²) < 4.78 is 0. The van der Waals surface area contributed by atoms with E-state index in [0.29, 0.717) is 6.42 Å². The molecule has 0 aromatic heterocycles. The van der Waals surface area contributed by atoms with Gasteiger partial charge in [0.25, 0.3) is 0 Å². The molecule has 0 amide bonds. The lowest BCUT2D eigenvalue weighted by molar-refractivity contribution is 0.276. The Balaban J connectivity index is 2.18. The number of benzene rings is 2. The molecule has 1 atom stereocenters. The predicted molar refractivity (Wildman–Crippen MR) is 77.5 cm³/mol. The lowest BCUT2D eigenvalue weighted by Crippen LogP contribution is -2.11. The molecule has 0 radical (unpaired) electrons. The highest BCUT2D eigenvalue weighted by Gasteiger charge is 2.04. The quantitative estimate of drug-likeness (QED) is 0.823. The van der Waals surface area contributed by atoms with Gasteiger partial charge in [-0.15, -0.1) is 0 Å². The zero-order valence-electron chi connectivity index (χ0n) is 10.7. The van der Waals surface area contributed by atoms with Gasteiger partial charge in [0.1, 0.15) is 0 Å². The first-order valence-electron chi connectivity index (χ1n) is 6.33. The largest absolute Gasteiger partial charge is 0.396 e. The standard InChI is InChI=1S/C17H17NO/c18-17(11-12-19)16-8-4-7-15(13-16)10-9-14-5-2-1-3-6-14/h1-8,13,17,19H,11-12,18H2. The van der Waals surface area contributed by atoms with E-state index in [9.17, 15) is 0 Å². The van der Waals surface area contributed by atoms with E-state index in [2.05, 4.69) is 11.8 Å². The van der Waals surface area contributed by atoms with Crippen LogP contribution < -0.4 is 5.73 Å². The van der Waals surface area contributed by atoms with Gasteiger partial charge in [-0.1, -0.05) is 42.2 Å². The molecule has 0 saturated heterocycles. The Morgan fingerprint density at radius 2 is 1.63 bits per heavy atom. The van der Waals surface area contributed by atoms with E-state index >= 15 is 0 Å². The Bertz CT molecular complexity index is 581. The number of aliphatic hydroxyl groups excluding tert-OH is 1. The third-order valence-corrected chi connectivity index (χ3v) is 2.88. The lowest BCUT2D eigenvalue weighted by atomic mass is 10.0. The summed E-state index contributed by atoms with van der Waals surface area (Å²) in [7, 11) is 0. The molecule has 96 valence electrons. The van der Waals surface area contributed by atoms with E-state index in [-0.39, 0.29) is 12.6 Å². The second-order valence-electron chi connectivity index (χ2n) is 4.36. The van der Waals surface area contributed by atoms with Crippen molar-refractivity contribution >= 4 is 0 Å². The fraction of sp³-hybridized carbons (Fsp3) is 0.176. The second-order valence-corrected chi connectivity index (χ2v) is 4.36. The molecule has 0 aliphatic rings. The first kappa shape index (κ1) is 13.4. The number of hydrogen-bond donors (Lipinski definition) is 2. The Hall–Kier alpha value is -2.08. The van der Waals surface area contributed by atoms with Crippen LogP contribution in [0.5, 0.6) is 0 Å². The van der Waals surface area contributed by atoms with Gasteiger partial charge in [0.05, 0.1) is 0 Å². The smallest absolute Gasteiger partial charge is 0.0449 e. The molecule has 19 heavy (non-hydrogen) atoms. The molecule has 0 saturated carbocycles. The van der Waals surface area contributed by atoms with Crippen molar-refractivity contribution in [3.05, 3.63) is 71.3 Å². The zero-order valence-corrected chi connectivity index (χ0v) is 10.7. The summed E-state index contributed by atoms with van der Waals surface area (Å²) in [6.07, 6.45) is 0.565. The summed E-state index contributed by atoms with van der Waals surface area (Å²) in [5, 5.41) is 8.91. The fourth-order valence-corrected chi connectivity index (χ4v) is 1.82. The highest BCUT2D eigenvalue weighted by molar-refractivity contribution is 5.44. The maximum atomic E-state index is 8.91. The number of nitrogens with two attached hydrogens (primary N) is 1. The van der Waals surface area contributed by atoms with Gasteiger partial charge in [0.2, 0.25) is 0 Å². The molecule has 0 aliphatic carbocycles. The van der Waals surface area contributed by atoms with Crippen LogP contribution in [0.1, 0.15) is 29.2 Å². The fourth-order valence-electron chi connectivity index (χ4n) is 1.82. The van der Waals surface area contributed by atoms with Crippen molar-refractivity contribution in [2.24, 2.45) is 5.73 Å². The van der Waals surface area contributed by atoms with E-state index in [1.54, 1.807) is 0 Å². The van der Waals surface area contributed by atoms with Crippen LogP contribution in [-0.4, -0.2) is 11.7 Å². The van der Waals surface area contributed by atoms with Gasteiger partial charge in [0.15, 0.2) is 0 Å². The van der Waals surface area contributed by atoms with Crippen molar-refractivity contribution < 1.29 is 5.11 Å². The van der Waals surface area contributed by atoms with Gasteiger partial charge in [0, 0.05) is 23.8 Å². The van der Waals surface area contributed by atoms with Crippen LogP contribution >= 0.6 is 0 Å². The van der Waals surface area contributed by atoms with E-state index in [4.69, 9.17) is 10.8 Å². The highest BCUT2D eigenvalue weighted by Crippen LogP contribution is 2.14. The van der Waals surface area contributed by atoms with Gasteiger partial charge in [-0.05, 0) is 36.2 Å². The molecule has 0 spiro atoms. The number of hydrogen-bond acceptors (Lipinski definition) is 2. The van der Waals surface area contributed by atoms with Crippen LogP contribution in [0.3, 0.4) is 0 Å². The molecule has 1 unspecified atom stereocenters. The monoisotopic (exact) mass is 251 g/mol. The molecular formula is C17H17NO. The summed E-state index contributed by atoms with van der Waals surface area (Å²) in [6.45, 7) is 0.0983. The maximum Gasteiger partial charge on any atom is 0.0449 e. The molecule has 0 aliphatic heterocycles. The first-order valence-corrected chi connectivity index (χ1v) is 6.33. The van der Waals surface area contributed by atoms with Crippen molar-refractivity contribution in [1.82, 2.24) is 0 Å². The SMILES string of the molecule is NC(CCO)c1cccc(C#Cc2ccccc2)c1. The van der Waals surface area contributed by atoms with Gasteiger partial charge in [-0.3, -0.25) is 0 Å². The van der Waals surface area contributed by atoms with Crippen LogP contribution in [0.25, 0.3) is 0 Å². The predicted octanol–water partition coefficient (Wildman–Crippen LogP) is 2.47. The van der Waals surface area contributed by atoms with E-state index < -0.39 is 0 Å². The molecule has 2 aromatic carbocycles. The van der Waals surface area contributed by atoms with Crippen LogP contribution in [0, 0.1) is 11.8 Å². The van der Waals surface area contributed by atoms with Crippen molar-refractivity contribution in [2.75, 3.05) is 6.61 Å². The minimum absolute atomic E-state index is 0.0983. The molecule has 2 aromatic rings. The lowest BCUT2D eigenvalue weighted by Gasteiger charge is -2.10. The number of aliphatic hydroxyl groups is 1. The van der Waals surface area contributed by atoms with Crippen LogP contribution in [0.15, 0.2) is 54.6 Å². The van der Waals surface area contributed by atoms with Crippen LogP contribution in [0.4, 0.5) is 0 Å². The Kier molecular flexibility index (Phi) is 4.74. The van der Waals surface area contributed by atoms with Crippen molar-refractivity contribution in [2.45, 2.75) is 12.5 Å². The summed E-state index contributed by atoms with van der Waals surface area (Å²) in [6, 6.07) is 17.6. The van der Waals surface area contributed by atoms with Crippen molar-refractivity contribution in [3.8, 4) is 11.8 Å². The second kappa shape index (κ2) is 6.75. The normalized spacial score (nSPS) is 11.5. The van der Waals surface area contributed by atoms with Crippen molar-refractivity contribution in [1.29, 1.82) is 0 Å². The third kappa shape index (κ3) is 3.96. The Labute approximate surface area is 113 Å². The summed E-state index contributed by atoms with van der Waals surface area (Å²) >= 11 is 0. The maximum absolute atomic E-state index is 8.91. The summed E-state index contributed by atoms with van der Waals surface area (Å²) in [5.41, 5.74) is 8.91. The van der Waals surface area contributed by atoms with Crippen LogP contribution in [-0.2, 0) is 0 Å². The Morgan fingerprint density at radius 1 is 0.947 bits per heavy atom. The first-order chi connectivity index (χ1) is 9.29. The average molecular weight is 251 g/mol. The molecule has 2 rings (SSSR count). The molecular weight excluding hydrogens is 234 g/mol. The van der Waals surface area contributed by atoms with E-state index in [1.807, 2.05) is 54.6 Å². The van der Waals surface area contributed by atoms with Gasteiger partial charge in [-0.25, -0.2) is 0 Å². The summed E-state index contributed by atoms with van der Waals surface area (Å²) in [5.74, 6) is 6.25. The summed E-state index contributed by atoms with van der Waals surface area (Å²) in [4.78, 5) is 0. The molecule has 0 bridgehead atoms. The topological polar surface area (TPSA) is 46.2 Å². The average Bonchev–Trinajstić information content (AvgIpc) is 2.47. The van der Waals surface area contributed by atoms with Crippen LogP contribution in [0.2, 0.25) is 0 Å². The van der Waals surface area contributed by atoms with Gasteiger partial charge < -0.3 is 10.8 Å². The molecule has 0 fully saturated rings. The van der Waals surface area contributed by atoms with E-state index in [0.717, 1.165) is 16.7 Å². The minimum atomic E-state index is -0.136. The highest BCUT2D eigenvalue weighted by atomic mass is 16.3. The molecule has 2 nitrogen and oxygen atoms in total. The number of rotatable bonds is 3. The molecule has 0 heterocycles.